The van der Waals surface area contributed by atoms with Crippen molar-refractivity contribution in [1.29, 1.82) is 0 Å². The van der Waals surface area contributed by atoms with Crippen LogP contribution in [-0.2, 0) is 4.74 Å². The zero-order valence-corrected chi connectivity index (χ0v) is 21.7. The standard InChI is InChI=1S/C25H41ClN6O2/c1-31-14-12-21(13-15-31)32(2)25(29-18-28-20-10-11-23(33-3)22(26)16-20)30-24(27)34-17-19-8-6-4-5-7-9-19/h10-11,16,19,21,28H,4-9,12-15,17-18H2,1-3H3,(H2,27,29,30). The van der Waals surface area contributed by atoms with Gasteiger partial charge in [-0.25, -0.2) is 4.99 Å². The van der Waals surface area contributed by atoms with E-state index in [-0.39, 0.29) is 6.02 Å². The lowest BCUT2D eigenvalue weighted by Gasteiger charge is -2.35. The maximum atomic E-state index is 6.24. The van der Waals surface area contributed by atoms with Crippen molar-refractivity contribution in [2.45, 2.75) is 57.4 Å². The highest BCUT2D eigenvalue weighted by Gasteiger charge is 2.23. The first-order valence-corrected chi connectivity index (χ1v) is 12.8. The minimum absolute atomic E-state index is 0.190. The summed E-state index contributed by atoms with van der Waals surface area (Å²) in [5.41, 5.74) is 7.07. The molecule has 3 rings (SSSR count). The highest BCUT2D eigenvalue weighted by Crippen LogP contribution is 2.27. The number of methoxy groups -OCH3 is 1. The van der Waals surface area contributed by atoms with Crippen LogP contribution < -0.4 is 15.8 Å². The zero-order chi connectivity index (χ0) is 24.3. The Kier molecular flexibility index (Phi) is 10.6. The van der Waals surface area contributed by atoms with Gasteiger partial charge in [0.05, 0.1) is 18.7 Å². The SMILES string of the molecule is COc1ccc(NC/N=C(\N=C(/N)OCC2CCCCCC2)N(C)C2CCN(C)CC2)cc1Cl. The predicted octanol–water partition coefficient (Wildman–Crippen LogP) is 4.40. The molecule has 1 aromatic rings. The van der Waals surface area contributed by atoms with Gasteiger partial charge in [0.2, 0.25) is 5.96 Å². The smallest absolute Gasteiger partial charge is 0.289 e. The third kappa shape index (κ3) is 8.24. The normalized spacial score (nSPS) is 19.5. The summed E-state index contributed by atoms with van der Waals surface area (Å²) in [4.78, 5) is 13.8. The van der Waals surface area contributed by atoms with Gasteiger partial charge in [0.15, 0.2) is 0 Å². The average Bonchev–Trinajstić information content (AvgIpc) is 3.11. The molecule has 190 valence electrons. The van der Waals surface area contributed by atoms with E-state index in [1.54, 1.807) is 7.11 Å². The summed E-state index contributed by atoms with van der Waals surface area (Å²) in [6.07, 6.45) is 9.73. The molecule has 0 spiro atoms. The Labute approximate surface area is 209 Å². The summed E-state index contributed by atoms with van der Waals surface area (Å²) >= 11 is 6.24. The summed E-state index contributed by atoms with van der Waals surface area (Å²) in [7, 11) is 5.80. The van der Waals surface area contributed by atoms with E-state index in [4.69, 9.17) is 31.8 Å². The van der Waals surface area contributed by atoms with E-state index in [9.17, 15) is 0 Å². The van der Waals surface area contributed by atoms with Crippen molar-refractivity contribution in [1.82, 2.24) is 9.80 Å². The largest absolute Gasteiger partial charge is 0.495 e. The molecule has 3 N–H and O–H groups in total. The summed E-state index contributed by atoms with van der Waals surface area (Å²) in [5, 5.41) is 3.83. The van der Waals surface area contributed by atoms with Gasteiger partial charge in [0.1, 0.15) is 12.4 Å². The van der Waals surface area contributed by atoms with Crippen LogP contribution in [0.3, 0.4) is 0 Å². The van der Waals surface area contributed by atoms with Crippen molar-refractivity contribution >= 4 is 29.3 Å². The van der Waals surface area contributed by atoms with Crippen LogP contribution in [0.1, 0.15) is 51.4 Å². The number of nitrogens with two attached hydrogens (primary N) is 1. The van der Waals surface area contributed by atoms with Gasteiger partial charge in [-0.3, -0.25) is 0 Å². The van der Waals surface area contributed by atoms with Crippen molar-refractivity contribution < 1.29 is 9.47 Å². The van der Waals surface area contributed by atoms with E-state index in [1.165, 1.54) is 38.5 Å². The summed E-state index contributed by atoms with van der Waals surface area (Å²) in [6.45, 7) is 3.09. The number of aliphatic imine (C=N–C) groups is 2. The van der Waals surface area contributed by atoms with E-state index in [0.29, 0.717) is 42.0 Å². The first-order valence-electron chi connectivity index (χ1n) is 12.5. The first kappa shape index (κ1) is 26.4. The van der Waals surface area contributed by atoms with Crippen LogP contribution in [0.2, 0.25) is 5.02 Å². The molecule has 8 nitrogen and oxygen atoms in total. The highest BCUT2D eigenvalue weighted by atomic mass is 35.5. The minimum atomic E-state index is 0.190. The Balaban J connectivity index is 1.66. The third-order valence-corrected chi connectivity index (χ3v) is 7.15. The predicted molar refractivity (Wildman–Crippen MR) is 141 cm³/mol. The van der Waals surface area contributed by atoms with Crippen LogP contribution in [-0.4, -0.2) is 75.4 Å². The second-order valence-corrected chi connectivity index (χ2v) is 9.81. The molecule has 1 heterocycles. The lowest BCUT2D eigenvalue weighted by molar-refractivity contribution is 0.190. The minimum Gasteiger partial charge on any atom is -0.495 e. The van der Waals surface area contributed by atoms with E-state index >= 15 is 0 Å². The fraction of sp³-hybridized carbons (Fsp3) is 0.680. The quantitative estimate of drug-likeness (QED) is 0.333. The lowest BCUT2D eigenvalue weighted by Crippen LogP contribution is -2.44. The fourth-order valence-corrected chi connectivity index (χ4v) is 4.87. The molecule has 9 heteroatoms. The number of hydrogen-bond donors (Lipinski definition) is 2. The molecule has 0 amide bonds. The van der Waals surface area contributed by atoms with Gasteiger partial charge in [0.25, 0.3) is 6.02 Å². The van der Waals surface area contributed by atoms with Gasteiger partial charge in [-0.1, -0.05) is 37.3 Å². The second-order valence-electron chi connectivity index (χ2n) is 9.41. The van der Waals surface area contributed by atoms with Gasteiger partial charge >= 0.3 is 0 Å². The van der Waals surface area contributed by atoms with Crippen LogP contribution in [0.5, 0.6) is 5.75 Å². The van der Waals surface area contributed by atoms with Crippen molar-refractivity contribution in [2.24, 2.45) is 21.6 Å². The van der Waals surface area contributed by atoms with E-state index in [1.807, 2.05) is 25.2 Å². The number of amidine groups is 1. The highest BCUT2D eigenvalue weighted by molar-refractivity contribution is 6.32. The molecular formula is C25H41ClN6O2. The van der Waals surface area contributed by atoms with Crippen LogP contribution in [0.25, 0.3) is 0 Å². The Hall–Kier alpha value is -2.19. The van der Waals surface area contributed by atoms with Gasteiger partial charge in [-0.2, -0.15) is 4.99 Å². The Morgan fingerprint density at radius 1 is 1.18 bits per heavy atom. The number of ether oxygens (including phenoxy) is 2. The number of piperidine rings is 1. The molecule has 2 aliphatic rings. The molecule has 2 fully saturated rings. The van der Waals surface area contributed by atoms with Crippen LogP contribution in [0.15, 0.2) is 28.2 Å². The second kappa shape index (κ2) is 13.6. The molecule has 0 radical (unpaired) electrons. The Morgan fingerprint density at radius 2 is 1.88 bits per heavy atom. The number of likely N-dealkylation sites (tertiary alicyclic amines) is 1. The maximum absolute atomic E-state index is 6.24. The number of hydrogen-bond acceptors (Lipinski definition) is 5. The maximum Gasteiger partial charge on any atom is 0.289 e. The van der Waals surface area contributed by atoms with Crippen LogP contribution in [0, 0.1) is 5.92 Å². The summed E-state index contributed by atoms with van der Waals surface area (Å²) < 4.78 is 11.1. The van der Waals surface area contributed by atoms with Gasteiger partial charge < -0.3 is 30.3 Å². The fourth-order valence-electron chi connectivity index (χ4n) is 4.61. The van der Waals surface area contributed by atoms with E-state index in [0.717, 1.165) is 31.6 Å². The molecular weight excluding hydrogens is 452 g/mol. The monoisotopic (exact) mass is 492 g/mol. The molecule has 0 bridgehead atoms. The van der Waals surface area contributed by atoms with Gasteiger partial charge in [-0.05, 0) is 69.9 Å². The van der Waals surface area contributed by atoms with Crippen LogP contribution >= 0.6 is 11.6 Å². The lowest BCUT2D eigenvalue weighted by atomic mass is 10.0. The summed E-state index contributed by atoms with van der Waals surface area (Å²) in [5.74, 6) is 1.78. The molecule has 1 aliphatic heterocycles. The Bertz CT molecular complexity index is 818. The van der Waals surface area contributed by atoms with Gasteiger partial charge in [-0.15, -0.1) is 0 Å². The molecule has 1 saturated carbocycles. The molecule has 1 aromatic carbocycles. The molecule has 0 unspecified atom stereocenters. The Morgan fingerprint density at radius 3 is 2.53 bits per heavy atom. The average molecular weight is 493 g/mol. The molecule has 1 saturated heterocycles. The van der Waals surface area contributed by atoms with Crippen molar-refractivity contribution in [3.8, 4) is 5.75 Å². The number of guanidine groups is 1. The van der Waals surface area contributed by atoms with E-state index < -0.39 is 0 Å². The van der Waals surface area contributed by atoms with Gasteiger partial charge in [0, 0.05) is 18.8 Å². The number of nitrogens with zero attached hydrogens (tertiary/aromatic N) is 4. The molecule has 1 aliphatic carbocycles. The molecule has 0 aromatic heterocycles. The summed E-state index contributed by atoms with van der Waals surface area (Å²) in [6, 6.07) is 6.12. The molecule has 34 heavy (non-hydrogen) atoms. The van der Waals surface area contributed by atoms with E-state index in [2.05, 4.69) is 27.2 Å². The third-order valence-electron chi connectivity index (χ3n) is 6.86. The van der Waals surface area contributed by atoms with Crippen LogP contribution in [0.4, 0.5) is 5.69 Å². The van der Waals surface area contributed by atoms with Crippen molar-refractivity contribution in [3.63, 3.8) is 0 Å². The molecule has 0 atom stereocenters. The van der Waals surface area contributed by atoms with Crippen molar-refractivity contribution in [2.75, 3.05) is 52.9 Å². The number of nitrogens with one attached hydrogen (secondary N) is 1. The number of rotatable bonds is 7. The first-order chi connectivity index (χ1) is 16.5. The van der Waals surface area contributed by atoms with Crippen molar-refractivity contribution in [3.05, 3.63) is 23.2 Å². The topological polar surface area (TPSA) is 87.7 Å². The number of benzene rings is 1. The number of halogens is 1. The zero-order valence-electron chi connectivity index (χ0n) is 20.9. The number of anilines is 1.